The van der Waals surface area contributed by atoms with Crippen LogP contribution in [0.5, 0.6) is 23.0 Å². The lowest BCUT2D eigenvalue weighted by molar-refractivity contribution is -0.00711. The van der Waals surface area contributed by atoms with Gasteiger partial charge in [-0.3, -0.25) is 4.94 Å². The van der Waals surface area contributed by atoms with Crippen molar-refractivity contribution in [3.8, 4) is 34.1 Å². The van der Waals surface area contributed by atoms with E-state index >= 15 is 0 Å². The third-order valence-electron chi connectivity index (χ3n) is 5.73. The number of benzene rings is 3. The first-order valence-electron chi connectivity index (χ1n) is 14.0. The van der Waals surface area contributed by atoms with Gasteiger partial charge in [0, 0.05) is 48.6 Å². The normalized spacial score (nSPS) is 10.7. The Morgan fingerprint density at radius 1 is 0.533 bits per heavy atom. The van der Waals surface area contributed by atoms with Gasteiger partial charge in [-0.15, -0.1) is 0 Å². The summed E-state index contributed by atoms with van der Waals surface area (Å²) in [6.45, 7) is 7.64. The third kappa shape index (κ3) is 11.9. The van der Waals surface area contributed by atoms with Crippen LogP contribution in [0.3, 0.4) is 0 Å². The van der Waals surface area contributed by atoms with Crippen molar-refractivity contribution in [2.75, 3.05) is 59.5 Å². The fraction of sp³-hybridized carbons (Fsp3) is 0.419. The molecule has 0 heterocycles. The van der Waals surface area contributed by atoms with E-state index in [-0.39, 0.29) is 30.3 Å². The molecule has 0 radical (unpaired) electrons. The average Bonchev–Trinajstić information content (AvgIpc) is 3.02. The molecule has 45 heavy (non-hydrogen) atoms. The topological polar surface area (TPSA) is 64.6 Å². The summed E-state index contributed by atoms with van der Waals surface area (Å²) in [4.78, 5) is 2.98. The Bertz CT molecular complexity index is 1250. The van der Waals surface area contributed by atoms with Gasteiger partial charge in [0.15, 0.2) is 23.2 Å². The fourth-order valence-corrected chi connectivity index (χ4v) is 3.69. The first-order chi connectivity index (χ1) is 21.7. The molecule has 0 spiro atoms. The van der Waals surface area contributed by atoms with Gasteiger partial charge in [0.1, 0.15) is 55.4 Å². The Hall–Kier alpha value is -3.75. The van der Waals surface area contributed by atoms with Crippen LogP contribution in [0.15, 0.2) is 36.4 Å². The van der Waals surface area contributed by atoms with Crippen LogP contribution < -0.4 is 19.2 Å². The van der Waals surface area contributed by atoms with E-state index in [1.54, 1.807) is 12.1 Å². The zero-order chi connectivity index (χ0) is 33.2. The van der Waals surface area contributed by atoms with E-state index in [0.717, 1.165) is 12.1 Å². The second-order valence-electron chi connectivity index (χ2n) is 8.76. The van der Waals surface area contributed by atoms with Gasteiger partial charge in [-0.05, 0) is 38.5 Å². The minimum atomic E-state index is -1.65. The van der Waals surface area contributed by atoms with Crippen molar-refractivity contribution in [3.63, 3.8) is 0 Å². The van der Waals surface area contributed by atoms with Crippen molar-refractivity contribution in [1.29, 1.82) is 0 Å². The molecule has 0 N–H and O–H groups in total. The largest absolute Gasteiger partial charge is 0.491 e. The van der Waals surface area contributed by atoms with Crippen LogP contribution in [0.4, 0.5) is 30.9 Å². The monoisotopic (exact) mass is 652 g/mol. The highest BCUT2D eigenvalue weighted by Crippen LogP contribution is 2.43. The lowest BCUT2D eigenvalue weighted by Crippen LogP contribution is -2.11. The third-order valence-corrected chi connectivity index (χ3v) is 5.73. The zero-order valence-electron chi connectivity index (χ0n) is 25.0. The van der Waals surface area contributed by atoms with E-state index in [9.17, 15) is 30.9 Å². The smallest absolute Gasteiger partial charge is 0.194 e. The minimum Gasteiger partial charge on any atom is -0.491 e. The molecular formula is C31H35F7O7. The molecule has 3 rings (SSSR count). The van der Waals surface area contributed by atoms with Crippen molar-refractivity contribution in [2.45, 2.75) is 27.4 Å². The van der Waals surface area contributed by atoms with Gasteiger partial charge in [0.25, 0.3) is 0 Å². The first-order valence-corrected chi connectivity index (χ1v) is 14.0. The highest BCUT2D eigenvalue weighted by Gasteiger charge is 2.21. The maximum absolute atomic E-state index is 14.4. The van der Waals surface area contributed by atoms with E-state index in [1.807, 2.05) is 20.8 Å². The number of hydrogen-bond acceptors (Lipinski definition) is 7. The van der Waals surface area contributed by atoms with Gasteiger partial charge in [-0.2, -0.15) is 0 Å². The predicted octanol–water partition coefficient (Wildman–Crippen LogP) is 7.71. The quantitative estimate of drug-likeness (QED) is 0.0793. The highest BCUT2D eigenvalue weighted by molar-refractivity contribution is 5.78. The Balaban J connectivity index is 0.000000537. The van der Waals surface area contributed by atoms with Crippen molar-refractivity contribution < 1.29 is 64.2 Å². The van der Waals surface area contributed by atoms with Crippen LogP contribution in [-0.2, 0) is 20.9 Å². The summed E-state index contributed by atoms with van der Waals surface area (Å²) in [6, 6.07) is 6.15. The molecule has 0 atom stereocenters. The summed E-state index contributed by atoms with van der Waals surface area (Å²) in [5, 5.41) is 0. The van der Waals surface area contributed by atoms with Crippen molar-refractivity contribution >= 4 is 0 Å². The Morgan fingerprint density at radius 3 is 1.38 bits per heavy atom. The molecule has 7 nitrogen and oxygen atoms in total. The van der Waals surface area contributed by atoms with E-state index < -0.39 is 47.1 Å². The van der Waals surface area contributed by atoms with Gasteiger partial charge in [-0.25, -0.2) is 26.3 Å². The molecule has 14 heteroatoms. The standard InChI is InChI=1S/C25H33F3O6.C6H2F4O/c1-4-29-7-10-32-19-15-23(33-11-8-30-5-2)25(24(16-19)34-12-9-31-6-3)18-13-21(27)20(17-26)22(28)14-18;7-4-1-3(11-10)2-5(8)6(4)9/h13-16H,4-12,17H2,1-3H3;1-2H. The molecule has 0 saturated carbocycles. The molecule has 0 aromatic heterocycles. The molecule has 0 bridgehead atoms. The van der Waals surface area contributed by atoms with Gasteiger partial charge < -0.3 is 28.4 Å². The number of hydrogen-bond donors (Lipinski definition) is 0. The molecule has 250 valence electrons. The fourth-order valence-electron chi connectivity index (χ4n) is 3.69. The van der Waals surface area contributed by atoms with Crippen LogP contribution in [0.1, 0.15) is 26.3 Å². The predicted molar refractivity (Wildman–Crippen MR) is 151 cm³/mol. The summed E-state index contributed by atoms with van der Waals surface area (Å²) in [5.74, 6) is -6.31. The van der Waals surface area contributed by atoms with E-state index in [4.69, 9.17) is 28.4 Å². The van der Waals surface area contributed by atoms with E-state index in [0.29, 0.717) is 69.7 Å². The summed E-state index contributed by atoms with van der Waals surface area (Å²) in [6.07, 6.45) is 0. The van der Waals surface area contributed by atoms with Crippen molar-refractivity contribution in [1.82, 2.24) is 0 Å². The zero-order valence-corrected chi connectivity index (χ0v) is 25.0. The van der Waals surface area contributed by atoms with Crippen LogP contribution >= 0.6 is 0 Å². The van der Waals surface area contributed by atoms with Crippen LogP contribution in [-0.4, -0.2) is 59.5 Å². The highest BCUT2D eigenvalue weighted by atomic mass is 19.3. The van der Waals surface area contributed by atoms with Crippen LogP contribution in [0, 0.1) is 29.1 Å². The maximum Gasteiger partial charge on any atom is 0.194 e. The number of ether oxygens (including phenoxy) is 6. The summed E-state index contributed by atoms with van der Waals surface area (Å²) >= 11 is 0. The van der Waals surface area contributed by atoms with Crippen LogP contribution in [0.2, 0.25) is 0 Å². The molecule has 3 aromatic carbocycles. The molecule has 0 aliphatic heterocycles. The van der Waals surface area contributed by atoms with Gasteiger partial charge in [0.05, 0.1) is 30.9 Å². The lowest BCUT2D eigenvalue weighted by Gasteiger charge is -2.19. The molecule has 0 unspecified atom stereocenters. The molecule has 0 aliphatic carbocycles. The first kappa shape index (κ1) is 37.4. The number of halogens is 7. The number of rotatable bonds is 18. The van der Waals surface area contributed by atoms with Gasteiger partial charge in [0.2, 0.25) is 0 Å². The minimum absolute atomic E-state index is 0.144. The summed E-state index contributed by atoms with van der Waals surface area (Å²) in [7, 11) is 0. The summed E-state index contributed by atoms with van der Waals surface area (Å²) < 4.78 is 123. The Morgan fingerprint density at radius 2 is 0.978 bits per heavy atom. The van der Waals surface area contributed by atoms with Crippen molar-refractivity contribution in [2.24, 2.45) is 0 Å². The van der Waals surface area contributed by atoms with Gasteiger partial charge >= 0.3 is 0 Å². The SMILES string of the molecule is CCOCCOc1cc(OCCOCC)c(-c2cc(F)c(CF)c(F)c2)c(OCCOCC)c1.FOc1cc(F)c(F)c(F)c1. The maximum atomic E-state index is 14.4. The molecule has 0 amide bonds. The number of alkyl halides is 1. The van der Waals surface area contributed by atoms with E-state index in [1.165, 1.54) is 0 Å². The molecule has 0 saturated heterocycles. The van der Waals surface area contributed by atoms with Crippen molar-refractivity contribution in [3.05, 3.63) is 71.0 Å². The molecule has 3 aromatic rings. The van der Waals surface area contributed by atoms with Gasteiger partial charge in [-0.1, -0.05) is 0 Å². The summed E-state index contributed by atoms with van der Waals surface area (Å²) in [5.41, 5.74) is -0.170. The van der Waals surface area contributed by atoms with Crippen LogP contribution in [0.25, 0.3) is 11.1 Å². The lowest BCUT2D eigenvalue weighted by atomic mass is 10.0. The molecular weight excluding hydrogens is 617 g/mol. The Labute approximate surface area is 256 Å². The molecule has 0 fully saturated rings. The Kier molecular flexibility index (Phi) is 16.9. The van der Waals surface area contributed by atoms with E-state index in [2.05, 4.69) is 4.94 Å². The second-order valence-corrected chi connectivity index (χ2v) is 8.76. The average molecular weight is 653 g/mol. The second kappa shape index (κ2) is 20.3. The molecule has 0 aliphatic rings.